The summed E-state index contributed by atoms with van der Waals surface area (Å²) in [6.45, 7) is 0. The number of benzene rings is 1. The molecule has 0 saturated heterocycles. The Morgan fingerprint density at radius 2 is 1.62 bits per heavy atom. The third kappa shape index (κ3) is 4.51. The number of amides is 2. The zero-order chi connectivity index (χ0) is 19.9. The molecule has 0 aromatic heterocycles. The number of imide groups is 1. The Hall–Kier alpha value is -3.08. The SMILES string of the molecule is COC(=O)C(Cc1cc(OC)c(OC)cc1F)N(C(=O)OC)C(=O)ON. The topological polar surface area (TPSA) is 127 Å². The standard InChI is InChI=1S/C15H19FN2O8/c1-22-11-6-8(9(16)7-12(11)23-2)5-10(13(19)24-3)18(14(20)25-4)15(21)26-17/h6-7,10H,5,17H2,1-4H3. The van der Waals surface area contributed by atoms with Gasteiger partial charge in [-0.2, -0.15) is 10.8 Å². The first-order chi connectivity index (χ1) is 12.3. The molecule has 1 aromatic rings. The number of nitrogens with two attached hydrogens (primary N) is 1. The predicted octanol–water partition coefficient (Wildman–Crippen LogP) is 1.01. The van der Waals surface area contributed by atoms with Crippen molar-refractivity contribution < 1.29 is 42.6 Å². The number of hydrogen-bond donors (Lipinski definition) is 1. The lowest BCUT2D eigenvalue weighted by atomic mass is 10.0. The summed E-state index contributed by atoms with van der Waals surface area (Å²) in [4.78, 5) is 40.0. The Labute approximate surface area is 148 Å². The first-order valence-electron chi connectivity index (χ1n) is 7.10. The summed E-state index contributed by atoms with van der Waals surface area (Å²) in [5.74, 6) is 3.31. The molecule has 0 aliphatic rings. The van der Waals surface area contributed by atoms with Gasteiger partial charge in [0, 0.05) is 12.5 Å². The Morgan fingerprint density at radius 1 is 1.04 bits per heavy atom. The third-order valence-electron chi connectivity index (χ3n) is 3.42. The maximum absolute atomic E-state index is 14.3. The molecule has 1 aromatic carbocycles. The van der Waals surface area contributed by atoms with E-state index in [0.717, 1.165) is 20.3 Å². The summed E-state index contributed by atoms with van der Waals surface area (Å²) in [5, 5.41) is 0. The van der Waals surface area contributed by atoms with Gasteiger partial charge in [-0.25, -0.2) is 18.8 Å². The van der Waals surface area contributed by atoms with Crippen molar-refractivity contribution in [1.82, 2.24) is 4.90 Å². The van der Waals surface area contributed by atoms with E-state index in [4.69, 9.17) is 15.4 Å². The number of hydrogen-bond acceptors (Lipinski definition) is 9. The van der Waals surface area contributed by atoms with E-state index in [1.54, 1.807) is 0 Å². The lowest BCUT2D eigenvalue weighted by molar-refractivity contribution is -0.145. The van der Waals surface area contributed by atoms with Crippen molar-refractivity contribution in [3.63, 3.8) is 0 Å². The summed E-state index contributed by atoms with van der Waals surface area (Å²) < 4.78 is 33.4. The summed E-state index contributed by atoms with van der Waals surface area (Å²) >= 11 is 0. The fourth-order valence-corrected chi connectivity index (χ4v) is 2.16. The molecule has 10 nitrogen and oxygen atoms in total. The van der Waals surface area contributed by atoms with E-state index in [0.29, 0.717) is 0 Å². The molecule has 0 spiro atoms. The van der Waals surface area contributed by atoms with Crippen molar-refractivity contribution in [2.24, 2.45) is 5.90 Å². The number of rotatable bonds is 6. The maximum Gasteiger partial charge on any atom is 0.438 e. The van der Waals surface area contributed by atoms with Crippen molar-refractivity contribution in [3.05, 3.63) is 23.5 Å². The molecule has 26 heavy (non-hydrogen) atoms. The van der Waals surface area contributed by atoms with Crippen molar-refractivity contribution in [1.29, 1.82) is 0 Å². The van der Waals surface area contributed by atoms with E-state index >= 15 is 0 Å². The minimum atomic E-state index is -1.60. The molecule has 0 aliphatic carbocycles. The molecule has 1 atom stereocenters. The van der Waals surface area contributed by atoms with Crippen LogP contribution in [0.25, 0.3) is 0 Å². The Kier molecular flexibility index (Phi) is 7.59. The number of nitrogens with zero attached hydrogens (tertiary/aromatic N) is 1. The zero-order valence-electron chi connectivity index (χ0n) is 14.6. The van der Waals surface area contributed by atoms with E-state index in [1.807, 2.05) is 0 Å². The number of halogens is 1. The Balaban J connectivity index is 3.37. The Morgan fingerprint density at radius 3 is 2.08 bits per heavy atom. The fourth-order valence-electron chi connectivity index (χ4n) is 2.16. The van der Waals surface area contributed by atoms with Gasteiger partial charge in [0.25, 0.3) is 0 Å². The molecule has 1 unspecified atom stereocenters. The number of methoxy groups -OCH3 is 4. The van der Waals surface area contributed by atoms with Crippen LogP contribution in [-0.4, -0.2) is 57.5 Å². The van der Waals surface area contributed by atoms with Crippen LogP contribution in [0.15, 0.2) is 12.1 Å². The molecule has 0 fully saturated rings. The molecule has 0 aliphatic heterocycles. The fraction of sp³-hybridized carbons (Fsp3) is 0.400. The molecule has 0 heterocycles. The molecule has 0 radical (unpaired) electrons. The summed E-state index contributed by atoms with van der Waals surface area (Å²) in [7, 11) is 4.67. The number of ether oxygens (including phenoxy) is 4. The molecule has 144 valence electrons. The van der Waals surface area contributed by atoms with Crippen LogP contribution in [0.4, 0.5) is 14.0 Å². The van der Waals surface area contributed by atoms with Crippen LogP contribution < -0.4 is 15.4 Å². The van der Waals surface area contributed by atoms with Crippen LogP contribution in [0.2, 0.25) is 0 Å². The molecule has 1 rings (SSSR count). The van der Waals surface area contributed by atoms with E-state index in [-0.39, 0.29) is 22.0 Å². The van der Waals surface area contributed by atoms with Gasteiger partial charge in [0.1, 0.15) is 11.9 Å². The molecule has 0 saturated carbocycles. The van der Waals surface area contributed by atoms with Crippen molar-refractivity contribution in [2.75, 3.05) is 28.4 Å². The quantitative estimate of drug-likeness (QED) is 0.573. The van der Waals surface area contributed by atoms with Crippen LogP contribution in [0.5, 0.6) is 11.5 Å². The van der Waals surface area contributed by atoms with Crippen LogP contribution in [0.1, 0.15) is 5.56 Å². The highest BCUT2D eigenvalue weighted by atomic mass is 19.1. The third-order valence-corrected chi connectivity index (χ3v) is 3.42. The van der Waals surface area contributed by atoms with E-state index in [2.05, 4.69) is 14.3 Å². The van der Waals surface area contributed by atoms with Gasteiger partial charge in [-0.1, -0.05) is 0 Å². The molecule has 2 N–H and O–H groups in total. The van der Waals surface area contributed by atoms with E-state index in [1.165, 1.54) is 20.3 Å². The number of esters is 1. The summed E-state index contributed by atoms with van der Waals surface area (Å²) in [6.07, 6.45) is -3.08. The maximum atomic E-state index is 14.3. The minimum Gasteiger partial charge on any atom is -0.493 e. The van der Waals surface area contributed by atoms with Crippen molar-refractivity contribution >= 4 is 18.2 Å². The summed E-state index contributed by atoms with van der Waals surface area (Å²) in [5.41, 5.74) is -0.0585. The van der Waals surface area contributed by atoms with Crippen molar-refractivity contribution in [2.45, 2.75) is 12.5 Å². The van der Waals surface area contributed by atoms with Crippen LogP contribution in [0, 0.1) is 5.82 Å². The van der Waals surface area contributed by atoms with Crippen LogP contribution in [0.3, 0.4) is 0 Å². The van der Waals surface area contributed by atoms with E-state index in [9.17, 15) is 18.8 Å². The van der Waals surface area contributed by atoms with Gasteiger partial charge in [0.15, 0.2) is 11.5 Å². The second-order valence-electron chi connectivity index (χ2n) is 4.77. The highest BCUT2D eigenvalue weighted by Gasteiger charge is 2.38. The van der Waals surface area contributed by atoms with Gasteiger partial charge in [-0.15, -0.1) is 0 Å². The average Bonchev–Trinajstić information content (AvgIpc) is 2.66. The van der Waals surface area contributed by atoms with Crippen molar-refractivity contribution in [3.8, 4) is 11.5 Å². The number of carbonyl (C=O) groups is 3. The Bertz CT molecular complexity index is 666. The second kappa shape index (κ2) is 9.42. The largest absolute Gasteiger partial charge is 0.493 e. The van der Waals surface area contributed by atoms with Gasteiger partial charge in [-0.05, 0) is 11.6 Å². The zero-order valence-corrected chi connectivity index (χ0v) is 14.6. The minimum absolute atomic E-state index is 0.0585. The van der Waals surface area contributed by atoms with Gasteiger partial charge < -0.3 is 23.8 Å². The molecular formula is C15H19FN2O8. The summed E-state index contributed by atoms with van der Waals surface area (Å²) in [6, 6.07) is 0.690. The first-order valence-corrected chi connectivity index (χ1v) is 7.10. The molecule has 11 heteroatoms. The lowest BCUT2D eigenvalue weighted by Crippen LogP contribution is -2.51. The monoisotopic (exact) mass is 374 g/mol. The number of carbonyl (C=O) groups excluding carboxylic acids is 3. The average molecular weight is 374 g/mol. The van der Waals surface area contributed by atoms with E-state index < -0.39 is 36.4 Å². The van der Waals surface area contributed by atoms with Gasteiger partial charge in [0.2, 0.25) is 0 Å². The predicted molar refractivity (Wildman–Crippen MR) is 83.9 cm³/mol. The first kappa shape index (κ1) is 21.0. The highest BCUT2D eigenvalue weighted by molar-refractivity contribution is 5.93. The smallest absolute Gasteiger partial charge is 0.438 e. The van der Waals surface area contributed by atoms with Crippen LogP contribution >= 0.6 is 0 Å². The second-order valence-corrected chi connectivity index (χ2v) is 4.77. The highest BCUT2D eigenvalue weighted by Crippen LogP contribution is 2.31. The van der Waals surface area contributed by atoms with Crippen LogP contribution in [-0.2, 0) is 25.5 Å². The lowest BCUT2D eigenvalue weighted by Gasteiger charge is -2.25. The van der Waals surface area contributed by atoms with Gasteiger partial charge >= 0.3 is 18.2 Å². The molecule has 0 bridgehead atoms. The van der Waals surface area contributed by atoms with Gasteiger partial charge in [0.05, 0.1) is 28.4 Å². The molecular weight excluding hydrogens is 355 g/mol. The van der Waals surface area contributed by atoms with Gasteiger partial charge in [-0.3, -0.25) is 0 Å². The normalized spacial score (nSPS) is 11.2. The molecule has 2 amide bonds.